The van der Waals surface area contributed by atoms with Crippen LogP contribution in [0, 0.1) is 0 Å². The van der Waals surface area contributed by atoms with Crippen molar-refractivity contribution >= 4 is 5.91 Å². The van der Waals surface area contributed by atoms with Crippen LogP contribution in [-0.2, 0) is 0 Å². The van der Waals surface area contributed by atoms with Crippen LogP contribution in [0.3, 0.4) is 0 Å². The van der Waals surface area contributed by atoms with Crippen LogP contribution in [0.5, 0.6) is 5.75 Å². The van der Waals surface area contributed by atoms with Crippen LogP contribution in [0.25, 0.3) is 0 Å². The number of fused-ring (bicyclic) bond motifs is 2. The van der Waals surface area contributed by atoms with Crippen LogP contribution < -0.4 is 4.74 Å². The van der Waals surface area contributed by atoms with E-state index in [-0.39, 0.29) is 11.9 Å². The fraction of sp³-hybridized carbons (Fsp3) is 0.516. The molecule has 0 aromatic heterocycles. The first-order valence-electron chi connectivity index (χ1n) is 13.8. The summed E-state index contributed by atoms with van der Waals surface area (Å²) >= 11 is 0. The normalized spacial score (nSPS) is 24.1. The number of carbonyl (C=O) groups is 1. The van der Waals surface area contributed by atoms with Gasteiger partial charge >= 0.3 is 0 Å². The van der Waals surface area contributed by atoms with E-state index in [0.717, 1.165) is 56.9 Å². The summed E-state index contributed by atoms with van der Waals surface area (Å²) in [6.45, 7) is 8.85. The number of ether oxygens (including phenoxy) is 1. The lowest BCUT2D eigenvalue weighted by Crippen LogP contribution is -2.61. The highest BCUT2D eigenvalue weighted by Gasteiger charge is 2.41. The van der Waals surface area contributed by atoms with E-state index in [1.165, 1.54) is 43.2 Å². The molecule has 0 spiro atoms. The molecule has 3 fully saturated rings. The summed E-state index contributed by atoms with van der Waals surface area (Å²) in [5, 5.41) is 0. The van der Waals surface area contributed by atoms with E-state index in [9.17, 15) is 4.79 Å². The largest absolute Gasteiger partial charge is 0.497 e. The number of methoxy groups -OCH3 is 1. The second-order valence-electron chi connectivity index (χ2n) is 10.7. The predicted octanol–water partition coefficient (Wildman–Crippen LogP) is 5.53. The highest BCUT2D eigenvalue weighted by atomic mass is 16.5. The molecule has 3 heterocycles. The Hall–Kier alpha value is -2.63. The summed E-state index contributed by atoms with van der Waals surface area (Å²) in [5.74, 6) is 1.07. The highest BCUT2D eigenvalue weighted by molar-refractivity contribution is 5.94. The molecule has 3 aliphatic rings. The quantitative estimate of drug-likeness (QED) is 0.482. The number of hydrogen-bond donors (Lipinski definition) is 0. The average molecular weight is 488 g/mol. The van der Waals surface area contributed by atoms with Crippen molar-refractivity contribution in [3.8, 4) is 5.75 Å². The first-order chi connectivity index (χ1) is 17.7. The van der Waals surface area contributed by atoms with Crippen LogP contribution in [0.2, 0.25) is 0 Å². The van der Waals surface area contributed by atoms with Gasteiger partial charge in [0.15, 0.2) is 0 Å². The molecule has 0 radical (unpaired) electrons. The molecule has 3 saturated heterocycles. The summed E-state index contributed by atoms with van der Waals surface area (Å²) in [5.41, 5.74) is 3.32. The lowest BCUT2D eigenvalue weighted by atomic mass is 9.85. The number of amides is 1. The molecule has 2 bridgehead atoms. The van der Waals surface area contributed by atoms with Gasteiger partial charge in [-0.2, -0.15) is 0 Å². The molecule has 5 rings (SSSR count). The fourth-order valence-corrected chi connectivity index (χ4v) is 6.59. The number of rotatable bonds is 7. The third kappa shape index (κ3) is 5.37. The molecule has 3 aliphatic heterocycles. The molecule has 2 aromatic rings. The van der Waals surface area contributed by atoms with Gasteiger partial charge in [-0.25, -0.2) is 0 Å². The van der Waals surface area contributed by atoms with E-state index in [2.05, 4.69) is 58.8 Å². The fourth-order valence-electron chi connectivity index (χ4n) is 6.59. The smallest absolute Gasteiger partial charge is 0.253 e. The Balaban J connectivity index is 1.46. The van der Waals surface area contributed by atoms with Crippen molar-refractivity contribution in [2.45, 2.75) is 63.1 Å². The predicted molar refractivity (Wildman–Crippen MR) is 146 cm³/mol. The molecule has 192 valence electrons. The van der Waals surface area contributed by atoms with Gasteiger partial charge in [-0.15, -0.1) is 6.58 Å². The molecule has 0 N–H and O–H groups in total. The zero-order valence-corrected chi connectivity index (χ0v) is 21.8. The van der Waals surface area contributed by atoms with Gasteiger partial charge in [0, 0.05) is 50.4 Å². The van der Waals surface area contributed by atoms with Crippen molar-refractivity contribution in [1.82, 2.24) is 14.7 Å². The van der Waals surface area contributed by atoms with Crippen LogP contribution >= 0.6 is 0 Å². The second kappa shape index (κ2) is 11.6. The standard InChI is InChI=1S/C31H41N3O2/c1-3-18-32-22-27-11-9-12-28(23-32)34(27)30(26-10-8-13-29(21-26)36-2)24-14-16-25(17-15-24)31(35)33-19-6-4-5-7-20-33/h3,8,10,13-17,21,27-28,30H,1,4-7,9,11-12,18-20,22-23H2,2H3. The van der Waals surface area contributed by atoms with Gasteiger partial charge in [-0.05, 0) is 61.1 Å². The van der Waals surface area contributed by atoms with Gasteiger partial charge in [-0.1, -0.05) is 49.6 Å². The Bertz CT molecular complexity index is 1010. The van der Waals surface area contributed by atoms with Crippen molar-refractivity contribution in [2.75, 3.05) is 39.8 Å². The molecular formula is C31H41N3O2. The van der Waals surface area contributed by atoms with Gasteiger partial charge in [0.2, 0.25) is 0 Å². The molecule has 5 nitrogen and oxygen atoms in total. The summed E-state index contributed by atoms with van der Waals surface area (Å²) in [7, 11) is 1.74. The number of carbonyl (C=O) groups excluding carboxylic acids is 1. The van der Waals surface area contributed by atoms with Gasteiger partial charge in [-0.3, -0.25) is 14.6 Å². The Morgan fingerprint density at radius 3 is 2.31 bits per heavy atom. The van der Waals surface area contributed by atoms with Crippen LogP contribution in [0.4, 0.5) is 0 Å². The van der Waals surface area contributed by atoms with Crippen LogP contribution in [0.15, 0.2) is 61.2 Å². The SMILES string of the molecule is C=CCN1CC2CCCC(C1)N2C(c1ccc(C(=O)N2CCCCCC2)cc1)c1cccc(OC)c1. The first kappa shape index (κ1) is 25.0. The Morgan fingerprint density at radius 2 is 1.67 bits per heavy atom. The monoisotopic (exact) mass is 487 g/mol. The van der Waals surface area contributed by atoms with Crippen molar-refractivity contribution < 1.29 is 9.53 Å². The van der Waals surface area contributed by atoms with E-state index >= 15 is 0 Å². The lowest BCUT2D eigenvalue weighted by Gasteiger charge is -2.53. The number of hydrogen-bond acceptors (Lipinski definition) is 4. The zero-order chi connectivity index (χ0) is 24.9. The Kier molecular flexibility index (Phi) is 8.08. The maximum atomic E-state index is 13.2. The molecule has 1 amide bonds. The maximum absolute atomic E-state index is 13.2. The third-order valence-corrected chi connectivity index (χ3v) is 8.32. The minimum absolute atomic E-state index is 0.142. The van der Waals surface area contributed by atoms with Crippen LogP contribution in [0.1, 0.15) is 72.5 Å². The van der Waals surface area contributed by atoms with E-state index in [0.29, 0.717) is 12.1 Å². The lowest BCUT2D eigenvalue weighted by molar-refractivity contribution is -0.0250. The minimum Gasteiger partial charge on any atom is -0.497 e. The Labute approximate surface area is 216 Å². The molecule has 0 saturated carbocycles. The minimum atomic E-state index is 0.142. The topological polar surface area (TPSA) is 36.0 Å². The molecule has 36 heavy (non-hydrogen) atoms. The number of likely N-dealkylation sites (tertiary alicyclic amines) is 2. The number of piperidine rings is 1. The van der Waals surface area contributed by atoms with E-state index < -0.39 is 0 Å². The molecular weight excluding hydrogens is 446 g/mol. The Morgan fingerprint density at radius 1 is 0.972 bits per heavy atom. The molecule has 3 unspecified atom stereocenters. The molecule has 0 aliphatic carbocycles. The maximum Gasteiger partial charge on any atom is 0.253 e. The summed E-state index contributed by atoms with van der Waals surface area (Å²) in [6, 6.07) is 18.2. The summed E-state index contributed by atoms with van der Waals surface area (Å²) < 4.78 is 5.61. The van der Waals surface area contributed by atoms with Crippen molar-refractivity contribution in [3.05, 3.63) is 77.9 Å². The first-order valence-corrected chi connectivity index (χ1v) is 13.8. The average Bonchev–Trinajstić information content (AvgIpc) is 3.19. The van der Waals surface area contributed by atoms with Crippen molar-refractivity contribution in [3.63, 3.8) is 0 Å². The van der Waals surface area contributed by atoms with Gasteiger partial charge in [0.05, 0.1) is 13.2 Å². The van der Waals surface area contributed by atoms with Crippen molar-refractivity contribution in [2.24, 2.45) is 0 Å². The van der Waals surface area contributed by atoms with Crippen molar-refractivity contribution in [1.29, 1.82) is 0 Å². The third-order valence-electron chi connectivity index (χ3n) is 8.32. The summed E-state index contributed by atoms with van der Waals surface area (Å²) in [4.78, 5) is 20.6. The summed E-state index contributed by atoms with van der Waals surface area (Å²) in [6.07, 6.45) is 10.4. The zero-order valence-electron chi connectivity index (χ0n) is 21.8. The number of benzene rings is 2. The molecule has 2 aromatic carbocycles. The second-order valence-corrected chi connectivity index (χ2v) is 10.7. The molecule has 3 atom stereocenters. The van der Waals surface area contributed by atoms with Crippen LogP contribution in [-0.4, -0.2) is 72.5 Å². The van der Waals surface area contributed by atoms with Gasteiger partial charge in [0.1, 0.15) is 5.75 Å². The number of nitrogens with zero attached hydrogens (tertiary/aromatic N) is 3. The molecule has 5 heteroatoms. The number of piperazine rings is 1. The van der Waals surface area contributed by atoms with E-state index in [1.807, 2.05) is 17.0 Å². The van der Waals surface area contributed by atoms with Gasteiger partial charge < -0.3 is 9.64 Å². The highest BCUT2D eigenvalue weighted by Crippen LogP contribution is 2.40. The van der Waals surface area contributed by atoms with E-state index in [1.54, 1.807) is 7.11 Å². The van der Waals surface area contributed by atoms with E-state index in [4.69, 9.17) is 4.74 Å². The van der Waals surface area contributed by atoms with Gasteiger partial charge in [0.25, 0.3) is 5.91 Å².